The number of nitrogens with one attached hydrogen (secondary N) is 1. The molecule has 0 radical (unpaired) electrons. The first kappa shape index (κ1) is 13.9. The van der Waals surface area contributed by atoms with Crippen LogP contribution >= 0.6 is 11.8 Å². The Balaban J connectivity index is 1.95. The summed E-state index contributed by atoms with van der Waals surface area (Å²) < 4.78 is 0. The lowest BCUT2D eigenvalue weighted by atomic mass is 9.95. The van der Waals surface area contributed by atoms with Crippen LogP contribution in [0.15, 0.2) is 17.2 Å². The number of pyridine rings is 1. The molecule has 1 aromatic rings. The average Bonchev–Trinajstić information content (AvgIpc) is 2.28. The second-order valence-corrected chi connectivity index (χ2v) is 6.61. The molecule has 2 nitrogen and oxygen atoms in total. The van der Waals surface area contributed by atoms with Gasteiger partial charge in [0.1, 0.15) is 0 Å². The zero-order valence-electron chi connectivity index (χ0n) is 11.7. The summed E-state index contributed by atoms with van der Waals surface area (Å²) in [5.74, 6) is 0. The second-order valence-electron chi connectivity index (χ2n) is 5.29. The third-order valence-electron chi connectivity index (χ3n) is 3.48. The predicted octanol–water partition coefficient (Wildman–Crippen LogP) is 3.71. The van der Waals surface area contributed by atoms with Gasteiger partial charge < -0.3 is 5.32 Å². The van der Waals surface area contributed by atoms with Crippen LogP contribution in [0.1, 0.15) is 43.9 Å². The van der Waals surface area contributed by atoms with Crippen molar-refractivity contribution in [1.82, 2.24) is 10.3 Å². The molecule has 1 N–H and O–H groups in total. The van der Waals surface area contributed by atoms with Crippen LogP contribution in [0.25, 0.3) is 0 Å². The van der Waals surface area contributed by atoms with Crippen LogP contribution in [-0.2, 0) is 0 Å². The molecule has 0 amide bonds. The summed E-state index contributed by atoms with van der Waals surface area (Å²) in [6.07, 6.45) is 5.31. The van der Waals surface area contributed by atoms with Crippen LogP contribution in [0.5, 0.6) is 0 Å². The van der Waals surface area contributed by atoms with E-state index >= 15 is 0 Å². The summed E-state index contributed by atoms with van der Waals surface area (Å²) in [7, 11) is 0. The van der Waals surface area contributed by atoms with Crippen molar-refractivity contribution >= 4 is 11.8 Å². The van der Waals surface area contributed by atoms with Gasteiger partial charge in [0, 0.05) is 17.0 Å². The summed E-state index contributed by atoms with van der Waals surface area (Å²) in [5.41, 5.74) is 2.46. The topological polar surface area (TPSA) is 24.9 Å². The number of aryl methyl sites for hydroxylation is 2. The molecular weight excluding hydrogens is 240 g/mol. The van der Waals surface area contributed by atoms with Crippen LogP contribution in [0.2, 0.25) is 0 Å². The molecule has 0 spiro atoms. The van der Waals surface area contributed by atoms with Crippen molar-refractivity contribution in [1.29, 1.82) is 0 Å². The monoisotopic (exact) mass is 264 g/mol. The van der Waals surface area contributed by atoms with Crippen molar-refractivity contribution in [3.8, 4) is 0 Å². The average molecular weight is 264 g/mol. The smallest absolute Gasteiger partial charge is 0.0968 e. The van der Waals surface area contributed by atoms with Crippen molar-refractivity contribution in [2.24, 2.45) is 0 Å². The minimum Gasteiger partial charge on any atom is -0.314 e. The molecule has 0 aromatic carbocycles. The first-order valence-corrected chi connectivity index (χ1v) is 7.90. The van der Waals surface area contributed by atoms with Gasteiger partial charge in [0.25, 0.3) is 0 Å². The van der Waals surface area contributed by atoms with E-state index in [1.165, 1.54) is 36.3 Å². The van der Waals surface area contributed by atoms with Crippen molar-refractivity contribution in [2.45, 2.75) is 62.8 Å². The molecule has 1 fully saturated rings. The van der Waals surface area contributed by atoms with Gasteiger partial charge in [0.05, 0.1) is 5.03 Å². The Morgan fingerprint density at radius 2 is 2.17 bits per heavy atom. The zero-order valence-corrected chi connectivity index (χ0v) is 12.5. The molecule has 3 heteroatoms. The second kappa shape index (κ2) is 6.58. The first-order chi connectivity index (χ1) is 8.67. The highest BCUT2D eigenvalue weighted by Crippen LogP contribution is 2.33. The fourth-order valence-electron chi connectivity index (χ4n) is 2.76. The number of aromatic nitrogens is 1. The highest BCUT2D eigenvalue weighted by Gasteiger charge is 2.22. The molecule has 18 heavy (non-hydrogen) atoms. The predicted molar refractivity (Wildman–Crippen MR) is 79.3 cm³/mol. The van der Waals surface area contributed by atoms with E-state index in [-0.39, 0.29) is 0 Å². The normalized spacial score (nSPS) is 24.2. The zero-order chi connectivity index (χ0) is 13.0. The van der Waals surface area contributed by atoms with E-state index in [2.05, 4.69) is 43.2 Å². The van der Waals surface area contributed by atoms with Crippen LogP contribution in [0, 0.1) is 13.8 Å². The lowest BCUT2D eigenvalue weighted by Gasteiger charge is -2.29. The molecule has 0 saturated heterocycles. The highest BCUT2D eigenvalue weighted by molar-refractivity contribution is 7.99. The molecule has 1 aromatic heterocycles. The molecule has 0 bridgehead atoms. The van der Waals surface area contributed by atoms with E-state index in [1.807, 2.05) is 11.8 Å². The maximum absolute atomic E-state index is 4.64. The Morgan fingerprint density at radius 1 is 1.33 bits per heavy atom. The molecule has 1 aliphatic carbocycles. The Morgan fingerprint density at radius 3 is 2.89 bits per heavy atom. The van der Waals surface area contributed by atoms with Crippen LogP contribution in [-0.4, -0.2) is 22.8 Å². The summed E-state index contributed by atoms with van der Waals surface area (Å²) in [4.78, 5) is 4.64. The maximum atomic E-state index is 4.64. The molecule has 100 valence electrons. The van der Waals surface area contributed by atoms with E-state index in [4.69, 9.17) is 0 Å². The molecule has 0 aliphatic heterocycles. The molecule has 2 unspecified atom stereocenters. The van der Waals surface area contributed by atoms with Crippen molar-refractivity contribution in [3.63, 3.8) is 0 Å². The van der Waals surface area contributed by atoms with Gasteiger partial charge in [-0.3, -0.25) is 0 Å². The fraction of sp³-hybridized carbons (Fsp3) is 0.667. The van der Waals surface area contributed by atoms with Gasteiger partial charge in [-0.2, -0.15) is 0 Å². The van der Waals surface area contributed by atoms with E-state index < -0.39 is 0 Å². The Hall–Kier alpha value is -0.540. The van der Waals surface area contributed by atoms with Gasteiger partial charge in [-0.25, -0.2) is 4.98 Å². The van der Waals surface area contributed by atoms with Crippen molar-refractivity contribution in [2.75, 3.05) is 6.54 Å². The summed E-state index contributed by atoms with van der Waals surface area (Å²) in [6, 6.07) is 5.08. The van der Waals surface area contributed by atoms with Gasteiger partial charge >= 0.3 is 0 Å². The highest BCUT2D eigenvalue weighted by atomic mass is 32.2. The number of thioether (sulfide) groups is 1. The summed E-state index contributed by atoms with van der Waals surface area (Å²) in [5, 5.41) is 5.53. The number of hydrogen-bond donors (Lipinski definition) is 1. The standard InChI is InChI=1S/C15H24N2S/c1-4-16-13-6-5-7-14(10-13)18-15-9-11(2)8-12(3)17-15/h8-9,13-14,16H,4-7,10H2,1-3H3. The van der Waals surface area contributed by atoms with Gasteiger partial charge in [-0.05, 0) is 57.4 Å². The molecule has 1 saturated carbocycles. The van der Waals surface area contributed by atoms with Crippen LogP contribution in [0.3, 0.4) is 0 Å². The summed E-state index contributed by atoms with van der Waals surface area (Å²) in [6.45, 7) is 7.52. The van der Waals surface area contributed by atoms with E-state index in [9.17, 15) is 0 Å². The lowest BCUT2D eigenvalue weighted by Crippen LogP contribution is -2.34. The van der Waals surface area contributed by atoms with E-state index in [1.54, 1.807) is 0 Å². The van der Waals surface area contributed by atoms with Gasteiger partial charge in [-0.15, -0.1) is 11.8 Å². The Labute approximate surface area is 115 Å². The molecule has 1 heterocycles. The van der Waals surface area contributed by atoms with Crippen molar-refractivity contribution in [3.05, 3.63) is 23.4 Å². The number of nitrogens with zero attached hydrogens (tertiary/aromatic N) is 1. The van der Waals surface area contributed by atoms with Gasteiger partial charge in [0.15, 0.2) is 0 Å². The van der Waals surface area contributed by atoms with E-state index in [0.29, 0.717) is 6.04 Å². The molecular formula is C15H24N2S. The SMILES string of the molecule is CCNC1CCCC(Sc2cc(C)cc(C)n2)C1. The number of rotatable bonds is 4. The minimum atomic E-state index is 0.715. The van der Waals surface area contributed by atoms with Gasteiger partial charge in [0.2, 0.25) is 0 Å². The Bertz CT molecular complexity index is 370. The molecule has 1 aliphatic rings. The third kappa shape index (κ3) is 3.99. The van der Waals surface area contributed by atoms with Crippen molar-refractivity contribution < 1.29 is 0 Å². The molecule has 2 rings (SSSR count). The quantitative estimate of drug-likeness (QED) is 0.897. The fourth-order valence-corrected chi connectivity index (χ4v) is 4.17. The van der Waals surface area contributed by atoms with Gasteiger partial charge in [-0.1, -0.05) is 13.3 Å². The first-order valence-electron chi connectivity index (χ1n) is 7.02. The van der Waals surface area contributed by atoms with Crippen LogP contribution < -0.4 is 5.32 Å². The lowest BCUT2D eigenvalue weighted by molar-refractivity contribution is 0.387. The number of hydrogen-bond acceptors (Lipinski definition) is 3. The largest absolute Gasteiger partial charge is 0.314 e. The van der Waals surface area contributed by atoms with E-state index in [0.717, 1.165) is 17.5 Å². The minimum absolute atomic E-state index is 0.715. The maximum Gasteiger partial charge on any atom is 0.0968 e. The third-order valence-corrected chi connectivity index (χ3v) is 4.69. The summed E-state index contributed by atoms with van der Waals surface area (Å²) >= 11 is 1.97. The van der Waals surface area contributed by atoms with Crippen LogP contribution in [0.4, 0.5) is 0 Å². The molecule has 2 atom stereocenters. The Kier molecular flexibility index (Phi) is 5.07.